The van der Waals surface area contributed by atoms with Gasteiger partial charge in [0.1, 0.15) is 10.4 Å². The minimum atomic E-state index is -1.10. The SMILES string of the molecule is COc1cc2c(I)nn(COCC[Si](C)(C)C)c2cc1F. The van der Waals surface area contributed by atoms with E-state index in [1.54, 1.807) is 10.7 Å². The van der Waals surface area contributed by atoms with Gasteiger partial charge in [0.25, 0.3) is 0 Å². The summed E-state index contributed by atoms with van der Waals surface area (Å²) in [5.74, 6) is -0.149. The lowest BCUT2D eigenvalue weighted by molar-refractivity contribution is 0.0814. The molecule has 0 aliphatic rings. The van der Waals surface area contributed by atoms with Gasteiger partial charge in [-0.25, -0.2) is 9.07 Å². The summed E-state index contributed by atoms with van der Waals surface area (Å²) < 4.78 is 27.1. The van der Waals surface area contributed by atoms with E-state index in [-0.39, 0.29) is 11.6 Å². The summed E-state index contributed by atoms with van der Waals surface area (Å²) in [4.78, 5) is 0. The Kier molecular flexibility index (Phi) is 5.26. The van der Waals surface area contributed by atoms with Gasteiger partial charge in [-0.05, 0) is 34.7 Å². The van der Waals surface area contributed by atoms with Crippen LogP contribution in [0.3, 0.4) is 0 Å². The monoisotopic (exact) mass is 422 g/mol. The van der Waals surface area contributed by atoms with Crippen LogP contribution >= 0.6 is 22.6 Å². The molecular formula is C14H20FIN2O2Si. The second-order valence-electron chi connectivity index (χ2n) is 6.14. The molecule has 0 radical (unpaired) electrons. The van der Waals surface area contributed by atoms with Gasteiger partial charge in [-0.2, -0.15) is 5.10 Å². The summed E-state index contributed by atoms with van der Waals surface area (Å²) in [6, 6.07) is 4.23. The maximum atomic E-state index is 13.8. The maximum absolute atomic E-state index is 13.8. The molecule has 0 aliphatic heterocycles. The Labute approximate surface area is 138 Å². The van der Waals surface area contributed by atoms with Crippen LogP contribution in [0.1, 0.15) is 0 Å². The van der Waals surface area contributed by atoms with Crippen LogP contribution < -0.4 is 4.74 Å². The Hall–Kier alpha value is -0.673. The van der Waals surface area contributed by atoms with E-state index in [0.29, 0.717) is 13.3 Å². The van der Waals surface area contributed by atoms with Gasteiger partial charge < -0.3 is 9.47 Å². The van der Waals surface area contributed by atoms with Crippen LogP contribution in [0.5, 0.6) is 5.75 Å². The lowest BCUT2D eigenvalue weighted by Crippen LogP contribution is -2.22. The molecule has 0 saturated carbocycles. The number of ether oxygens (including phenoxy) is 2. The first-order valence-corrected chi connectivity index (χ1v) is 11.6. The zero-order chi connectivity index (χ0) is 15.6. The third kappa shape index (κ3) is 4.16. The van der Waals surface area contributed by atoms with Crippen LogP contribution in [0.15, 0.2) is 12.1 Å². The highest BCUT2D eigenvalue weighted by molar-refractivity contribution is 14.1. The van der Waals surface area contributed by atoms with E-state index in [2.05, 4.69) is 47.3 Å². The van der Waals surface area contributed by atoms with Gasteiger partial charge in [0.05, 0.1) is 12.6 Å². The molecule has 0 bridgehead atoms. The second kappa shape index (κ2) is 6.61. The third-order valence-corrected chi connectivity index (χ3v) is 5.69. The quantitative estimate of drug-likeness (QED) is 0.400. The van der Waals surface area contributed by atoms with Gasteiger partial charge in [-0.1, -0.05) is 19.6 Å². The van der Waals surface area contributed by atoms with Gasteiger partial charge in [-0.15, -0.1) is 0 Å². The minimum Gasteiger partial charge on any atom is -0.494 e. The number of nitrogens with zero attached hydrogens (tertiary/aromatic N) is 2. The summed E-state index contributed by atoms with van der Waals surface area (Å²) in [6.45, 7) is 7.99. The first-order chi connectivity index (χ1) is 9.81. The molecule has 0 aliphatic carbocycles. The van der Waals surface area contributed by atoms with Crippen molar-refractivity contribution in [3.8, 4) is 5.75 Å². The van der Waals surface area contributed by atoms with E-state index in [1.165, 1.54) is 13.2 Å². The van der Waals surface area contributed by atoms with E-state index in [4.69, 9.17) is 9.47 Å². The van der Waals surface area contributed by atoms with Crippen LogP contribution in [-0.2, 0) is 11.5 Å². The molecule has 1 heterocycles. The lowest BCUT2D eigenvalue weighted by atomic mass is 10.2. The number of hydrogen-bond donors (Lipinski definition) is 0. The number of halogens is 2. The van der Waals surface area contributed by atoms with Crippen molar-refractivity contribution in [1.29, 1.82) is 0 Å². The molecule has 0 spiro atoms. The number of hydrogen-bond acceptors (Lipinski definition) is 3. The van der Waals surface area contributed by atoms with Gasteiger partial charge >= 0.3 is 0 Å². The molecule has 1 aromatic carbocycles. The predicted octanol–water partition coefficient (Wildman–Crippen LogP) is 4.10. The Morgan fingerprint density at radius 3 is 2.67 bits per heavy atom. The molecule has 2 aromatic rings. The van der Waals surface area contributed by atoms with Crippen molar-refractivity contribution in [3.63, 3.8) is 0 Å². The molecule has 0 fully saturated rings. The van der Waals surface area contributed by atoms with E-state index in [0.717, 1.165) is 20.6 Å². The predicted molar refractivity (Wildman–Crippen MR) is 93.1 cm³/mol. The summed E-state index contributed by atoms with van der Waals surface area (Å²) >= 11 is 2.14. The van der Waals surface area contributed by atoms with Crippen molar-refractivity contribution in [3.05, 3.63) is 21.7 Å². The summed E-state index contributed by atoms with van der Waals surface area (Å²) in [5, 5.41) is 5.29. The average Bonchev–Trinajstić information content (AvgIpc) is 2.69. The standard InChI is InChI=1S/C14H20FIN2O2Si/c1-19-13-7-10-12(8-11(13)15)18(17-14(10)16)9-20-5-6-21(2,3)4/h7-8H,5-6,9H2,1-4H3. The molecule has 7 heteroatoms. The molecule has 0 saturated heterocycles. The van der Waals surface area contributed by atoms with Crippen LogP contribution in [-0.4, -0.2) is 31.6 Å². The van der Waals surface area contributed by atoms with E-state index in [1.807, 2.05) is 0 Å². The number of benzene rings is 1. The van der Waals surface area contributed by atoms with E-state index < -0.39 is 8.07 Å². The van der Waals surface area contributed by atoms with Crippen LogP contribution in [0.25, 0.3) is 10.9 Å². The summed E-state index contributed by atoms with van der Waals surface area (Å²) in [7, 11) is 0.361. The third-order valence-electron chi connectivity index (χ3n) is 3.19. The van der Waals surface area contributed by atoms with Crippen molar-refractivity contribution in [1.82, 2.24) is 9.78 Å². The van der Waals surface area contributed by atoms with Crippen molar-refractivity contribution < 1.29 is 13.9 Å². The van der Waals surface area contributed by atoms with Gasteiger partial charge in [0.2, 0.25) is 0 Å². The first-order valence-electron chi connectivity index (χ1n) is 6.79. The fourth-order valence-electron chi connectivity index (χ4n) is 1.92. The molecule has 0 unspecified atom stereocenters. The summed E-state index contributed by atoms with van der Waals surface area (Å²) in [6.07, 6.45) is 0. The van der Waals surface area contributed by atoms with Crippen molar-refractivity contribution in [2.24, 2.45) is 0 Å². The average molecular weight is 422 g/mol. The molecule has 2 rings (SSSR count). The molecular weight excluding hydrogens is 402 g/mol. The first kappa shape index (κ1) is 16.7. The van der Waals surface area contributed by atoms with Crippen LogP contribution in [0.4, 0.5) is 4.39 Å². The van der Waals surface area contributed by atoms with Crippen molar-refractivity contribution in [2.75, 3.05) is 13.7 Å². The number of methoxy groups -OCH3 is 1. The number of rotatable bonds is 6. The topological polar surface area (TPSA) is 36.3 Å². The highest BCUT2D eigenvalue weighted by atomic mass is 127. The van der Waals surface area contributed by atoms with Gasteiger partial charge in [0, 0.05) is 26.1 Å². The maximum Gasteiger partial charge on any atom is 0.167 e. The largest absolute Gasteiger partial charge is 0.494 e. The zero-order valence-electron chi connectivity index (χ0n) is 12.7. The highest BCUT2D eigenvalue weighted by Crippen LogP contribution is 2.28. The zero-order valence-corrected chi connectivity index (χ0v) is 15.9. The van der Waals surface area contributed by atoms with Gasteiger partial charge in [0.15, 0.2) is 11.6 Å². The molecule has 0 N–H and O–H groups in total. The van der Waals surface area contributed by atoms with E-state index in [9.17, 15) is 4.39 Å². The van der Waals surface area contributed by atoms with Gasteiger partial charge in [-0.3, -0.25) is 0 Å². The Bertz CT molecular complexity index is 640. The second-order valence-corrected chi connectivity index (χ2v) is 12.8. The van der Waals surface area contributed by atoms with E-state index >= 15 is 0 Å². The number of aromatic nitrogens is 2. The smallest absolute Gasteiger partial charge is 0.167 e. The van der Waals surface area contributed by atoms with Crippen LogP contribution in [0, 0.1) is 9.52 Å². The Morgan fingerprint density at radius 1 is 1.33 bits per heavy atom. The molecule has 0 atom stereocenters. The molecule has 0 amide bonds. The fourth-order valence-corrected chi connectivity index (χ4v) is 3.37. The van der Waals surface area contributed by atoms with Crippen molar-refractivity contribution >= 4 is 41.6 Å². The Morgan fingerprint density at radius 2 is 2.05 bits per heavy atom. The molecule has 21 heavy (non-hydrogen) atoms. The molecule has 116 valence electrons. The molecule has 1 aromatic heterocycles. The van der Waals surface area contributed by atoms with Crippen molar-refractivity contribution in [2.45, 2.75) is 32.4 Å². The van der Waals surface area contributed by atoms with Crippen LogP contribution in [0.2, 0.25) is 25.7 Å². The Balaban J connectivity index is 2.15. The molecule has 4 nitrogen and oxygen atoms in total. The highest BCUT2D eigenvalue weighted by Gasteiger charge is 2.15. The fraction of sp³-hybridized carbons (Fsp3) is 0.500. The minimum absolute atomic E-state index is 0.236. The normalized spacial score (nSPS) is 12.1. The summed E-state index contributed by atoms with van der Waals surface area (Å²) in [5.41, 5.74) is 0.728. The lowest BCUT2D eigenvalue weighted by Gasteiger charge is -2.15. The number of fused-ring (bicyclic) bond motifs is 1.